The van der Waals surface area contributed by atoms with E-state index in [2.05, 4.69) is 10.5 Å². The number of carbonyl (C=O) groups is 2. The number of rotatable bonds is 6. The van der Waals surface area contributed by atoms with Crippen LogP contribution in [-0.4, -0.2) is 40.4 Å². The molecule has 7 nitrogen and oxygen atoms in total. The Hall–Kier alpha value is -1.89. The van der Waals surface area contributed by atoms with Gasteiger partial charge in [-0.15, -0.1) is 0 Å². The first-order valence-corrected chi connectivity index (χ1v) is 7.79. The van der Waals surface area contributed by atoms with Crippen molar-refractivity contribution in [3.05, 3.63) is 17.5 Å². The molecule has 0 bridgehead atoms. The number of aliphatic carboxylic acids is 1. The van der Waals surface area contributed by atoms with Gasteiger partial charge in [0.2, 0.25) is 0 Å². The molecule has 1 aromatic heterocycles. The summed E-state index contributed by atoms with van der Waals surface area (Å²) in [4.78, 5) is 24.2. The molecule has 1 saturated carbocycles. The largest absolute Gasteiger partial charge is 0.479 e. The number of ether oxygens (including phenoxy) is 1. The van der Waals surface area contributed by atoms with Gasteiger partial charge in [0.15, 0.2) is 5.69 Å². The average Bonchev–Trinajstić information content (AvgIpc) is 2.95. The average molecular weight is 324 g/mol. The summed E-state index contributed by atoms with van der Waals surface area (Å²) in [6.45, 7) is 9.77. The number of carboxylic acid groups (broad SMARTS) is 1. The molecule has 1 aromatic rings. The van der Waals surface area contributed by atoms with Crippen LogP contribution >= 0.6 is 0 Å². The number of nitrogens with one attached hydrogen (secondary N) is 1. The predicted octanol–water partition coefficient (Wildman–Crippen LogP) is 2.19. The number of carbonyl (C=O) groups excluding carboxylic acids is 1. The van der Waals surface area contributed by atoms with E-state index in [9.17, 15) is 14.7 Å². The van der Waals surface area contributed by atoms with Gasteiger partial charge in [0, 0.05) is 30.4 Å². The molecule has 1 aliphatic rings. The topological polar surface area (TPSA) is 102 Å². The van der Waals surface area contributed by atoms with Crippen molar-refractivity contribution in [2.24, 2.45) is 5.41 Å². The lowest BCUT2D eigenvalue weighted by Gasteiger charge is -2.58. The third-order valence-corrected chi connectivity index (χ3v) is 4.79. The van der Waals surface area contributed by atoms with E-state index in [1.807, 2.05) is 20.8 Å². The molecule has 7 heteroatoms. The third kappa shape index (κ3) is 2.73. The second-order valence-corrected chi connectivity index (χ2v) is 6.80. The predicted molar refractivity (Wildman–Crippen MR) is 82.2 cm³/mol. The summed E-state index contributed by atoms with van der Waals surface area (Å²) >= 11 is 0. The molecule has 0 unspecified atom stereocenters. The maximum absolute atomic E-state index is 12.4. The minimum atomic E-state index is -1.37. The molecule has 2 rings (SSSR count). The number of hydrogen-bond acceptors (Lipinski definition) is 5. The third-order valence-electron chi connectivity index (χ3n) is 4.79. The number of amides is 1. The van der Waals surface area contributed by atoms with Crippen molar-refractivity contribution in [1.82, 2.24) is 10.5 Å². The van der Waals surface area contributed by atoms with Crippen LogP contribution in [0.4, 0.5) is 0 Å². The van der Waals surface area contributed by atoms with Crippen molar-refractivity contribution in [3.8, 4) is 0 Å². The van der Waals surface area contributed by atoms with E-state index in [4.69, 9.17) is 9.26 Å². The molecule has 1 heterocycles. The van der Waals surface area contributed by atoms with Crippen molar-refractivity contribution < 1.29 is 24.0 Å². The summed E-state index contributed by atoms with van der Waals surface area (Å²) in [5, 5.41) is 16.0. The number of hydrogen-bond donors (Lipinski definition) is 2. The lowest BCUT2D eigenvalue weighted by atomic mass is 9.54. The smallest absolute Gasteiger partial charge is 0.330 e. The highest BCUT2D eigenvalue weighted by atomic mass is 16.5. The van der Waals surface area contributed by atoms with Crippen LogP contribution in [0.3, 0.4) is 0 Å². The van der Waals surface area contributed by atoms with Crippen LogP contribution in [0, 0.1) is 5.41 Å². The van der Waals surface area contributed by atoms with Gasteiger partial charge < -0.3 is 19.7 Å². The van der Waals surface area contributed by atoms with Gasteiger partial charge in [0.25, 0.3) is 5.91 Å². The Labute approximate surface area is 135 Å². The highest BCUT2D eigenvalue weighted by Gasteiger charge is 2.66. The first-order valence-electron chi connectivity index (χ1n) is 7.79. The van der Waals surface area contributed by atoms with Gasteiger partial charge in [-0.1, -0.05) is 32.9 Å². The Morgan fingerprint density at radius 3 is 2.61 bits per heavy atom. The molecular weight excluding hydrogens is 300 g/mol. The van der Waals surface area contributed by atoms with Gasteiger partial charge >= 0.3 is 5.97 Å². The molecule has 1 aliphatic carbocycles. The zero-order valence-electron chi connectivity index (χ0n) is 14.2. The summed E-state index contributed by atoms with van der Waals surface area (Å²) in [6.07, 6.45) is 0.0107. The lowest BCUT2D eigenvalue weighted by Crippen LogP contribution is -2.76. The number of aromatic nitrogens is 1. The Bertz CT molecular complexity index is 607. The summed E-state index contributed by atoms with van der Waals surface area (Å²) < 4.78 is 10.7. The molecule has 23 heavy (non-hydrogen) atoms. The molecule has 0 spiro atoms. The molecule has 0 aliphatic heterocycles. The molecule has 1 amide bonds. The first-order chi connectivity index (χ1) is 10.7. The molecule has 2 atom stereocenters. The summed E-state index contributed by atoms with van der Waals surface area (Å²) in [6, 6.07) is 1.54. The van der Waals surface area contributed by atoms with Crippen LogP contribution in [0.25, 0.3) is 0 Å². The van der Waals surface area contributed by atoms with Gasteiger partial charge in [0.1, 0.15) is 11.3 Å². The monoisotopic (exact) mass is 324 g/mol. The fourth-order valence-electron chi connectivity index (χ4n) is 2.96. The van der Waals surface area contributed by atoms with E-state index in [0.29, 0.717) is 12.4 Å². The number of nitrogens with zero attached hydrogens (tertiary/aromatic N) is 1. The van der Waals surface area contributed by atoms with Crippen LogP contribution in [0.15, 0.2) is 10.6 Å². The number of carboxylic acids is 1. The minimum Gasteiger partial charge on any atom is -0.479 e. The van der Waals surface area contributed by atoms with Gasteiger partial charge in [-0.3, -0.25) is 4.79 Å². The first kappa shape index (κ1) is 17.5. The van der Waals surface area contributed by atoms with Gasteiger partial charge in [-0.2, -0.15) is 0 Å². The zero-order valence-corrected chi connectivity index (χ0v) is 14.2. The highest BCUT2D eigenvalue weighted by molar-refractivity contribution is 5.97. The summed E-state index contributed by atoms with van der Waals surface area (Å²) in [7, 11) is 0. The maximum atomic E-state index is 12.4. The lowest BCUT2D eigenvalue weighted by molar-refractivity contribution is -0.190. The van der Waals surface area contributed by atoms with E-state index in [0.717, 1.165) is 0 Å². The standard InChI is InChI=1S/C16H24N2O5/c1-6-22-12-8-16(14(20)21,15(12,4)5)17-13(19)10-7-11(9(2)3)23-18-10/h7,9,12H,6,8H2,1-5H3,(H,17,19)(H,20,21)/t12-,16+/m0/s1. The normalized spacial score (nSPS) is 25.9. The molecule has 1 fully saturated rings. The Morgan fingerprint density at radius 2 is 2.17 bits per heavy atom. The minimum absolute atomic E-state index is 0.0879. The molecule has 2 N–H and O–H groups in total. The van der Waals surface area contributed by atoms with Crippen LogP contribution in [0.1, 0.15) is 63.2 Å². The van der Waals surface area contributed by atoms with Gasteiger partial charge in [-0.05, 0) is 6.92 Å². The fourth-order valence-corrected chi connectivity index (χ4v) is 2.96. The van der Waals surface area contributed by atoms with Crippen LogP contribution in [-0.2, 0) is 9.53 Å². The second kappa shape index (κ2) is 5.96. The van der Waals surface area contributed by atoms with Crippen LogP contribution in [0.5, 0.6) is 0 Å². The quantitative estimate of drug-likeness (QED) is 0.831. The van der Waals surface area contributed by atoms with E-state index in [1.165, 1.54) is 0 Å². The molecular formula is C16H24N2O5. The highest BCUT2D eigenvalue weighted by Crippen LogP contribution is 2.51. The van der Waals surface area contributed by atoms with E-state index < -0.39 is 22.8 Å². The Kier molecular flexibility index (Phi) is 4.52. The summed E-state index contributed by atoms with van der Waals surface area (Å²) in [5.41, 5.74) is -2.01. The summed E-state index contributed by atoms with van der Waals surface area (Å²) in [5.74, 6) is -0.940. The van der Waals surface area contributed by atoms with Crippen LogP contribution in [0.2, 0.25) is 0 Å². The molecule has 0 saturated heterocycles. The van der Waals surface area contributed by atoms with E-state index in [-0.39, 0.29) is 24.1 Å². The van der Waals surface area contributed by atoms with Gasteiger partial charge in [0.05, 0.1) is 6.10 Å². The van der Waals surface area contributed by atoms with E-state index >= 15 is 0 Å². The SMILES string of the molecule is CCO[C@H]1C[C@@](NC(=O)c2cc(C(C)C)on2)(C(=O)O)C1(C)C. The Morgan fingerprint density at radius 1 is 1.52 bits per heavy atom. The maximum Gasteiger partial charge on any atom is 0.330 e. The van der Waals surface area contributed by atoms with E-state index in [1.54, 1.807) is 19.9 Å². The van der Waals surface area contributed by atoms with Crippen molar-refractivity contribution in [2.75, 3.05) is 6.61 Å². The molecule has 0 aromatic carbocycles. The second-order valence-electron chi connectivity index (χ2n) is 6.80. The molecule has 0 radical (unpaired) electrons. The fraction of sp³-hybridized carbons (Fsp3) is 0.688. The zero-order chi connectivity index (χ0) is 17.4. The Balaban J connectivity index is 2.20. The van der Waals surface area contributed by atoms with Gasteiger partial charge in [-0.25, -0.2) is 4.79 Å². The van der Waals surface area contributed by atoms with Crippen molar-refractivity contribution in [1.29, 1.82) is 0 Å². The van der Waals surface area contributed by atoms with Crippen molar-refractivity contribution in [2.45, 2.75) is 58.6 Å². The molecule has 128 valence electrons. The van der Waals surface area contributed by atoms with Crippen molar-refractivity contribution in [3.63, 3.8) is 0 Å². The van der Waals surface area contributed by atoms with Crippen molar-refractivity contribution >= 4 is 11.9 Å². The van der Waals surface area contributed by atoms with Crippen LogP contribution < -0.4 is 5.32 Å².